The van der Waals surface area contributed by atoms with Gasteiger partial charge in [0.05, 0.1) is 6.04 Å². The lowest BCUT2D eigenvalue weighted by Crippen LogP contribution is -2.33. The Morgan fingerprint density at radius 1 is 1.40 bits per heavy atom. The molecule has 0 saturated heterocycles. The van der Waals surface area contributed by atoms with Crippen molar-refractivity contribution in [3.8, 4) is 5.75 Å². The molecule has 4 heteroatoms. The standard InChI is InChI=1S/C11H14N2OS/c12-11-10-9(5-6-15-10)14-8-4-2-1-3-7(8)13-11/h5-8H,1-4H2,(H2,12,13)/t7-,8+/m0/s1. The molecule has 0 aromatic carbocycles. The number of thiophene rings is 1. The molecule has 2 heterocycles. The maximum absolute atomic E-state index is 5.99. The van der Waals surface area contributed by atoms with Gasteiger partial charge in [-0.1, -0.05) is 6.42 Å². The summed E-state index contributed by atoms with van der Waals surface area (Å²) in [7, 11) is 0. The Hall–Kier alpha value is -1.03. The van der Waals surface area contributed by atoms with Crippen molar-refractivity contribution in [1.82, 2.24) is 0 Å². The van der Waals surface area contributed by atoms with Crippen LogP contribution in [-0.2, 0) is 0 Å². The first-order valence-electron chi connectivity index (χ1n) is 5.42. The second-order valence-corrected chi connectivity index (χ2v) is 5.05. The number of fused-ring (bicyclic) bond motifs is 2. The molecular formula is C11H14N2OS. The normalized spacial score (nSPS) is 29.5. The first-order chi connectivity index (χ1) is 7.34. The van der Waals surface area contributed by atoms with Crippen LogP contribution in [0.25, 0.3) is 0 Å². The molecule has 0 bridgehead atoms. The molecule has 15 heavy (non-hydrogen) atoms. The zero-order chi connectivity index (χ0) is 10.3. The van der Waals surface area contributed by atoms with Gasteiger partial charge in [0.25, 0.3) is 0 Å². The Labute approximate surface area is 93.0 Å². The summed E-state index contributed by atoms with van der Waals surface area (Å²) in [6.45, 7) is 0. The highest BCUT2D eigenvalue weighted by Gasteiger charge is 2.30. The minimum atomic E-state index is 0.244. The van der Waals surface area contributed by atoms with E-state index in [2.05, 4.69) is 4.99 Å². The SMILES string of the molecule is NC1=N[C@H]2CCCC[C@H]2Oc2ccsc21. The van der Waals surface area contributed by atoms with Crippen molar-refractivity contribution in [2.45, 2.75) is 37.8 Å². The molecule has 0 amide bonds. The highest BCUT2D eigenvalue weighted by molar-refractivity contribution is 7.12. The van der Waals surface area contributed by atoms with Crippen LogP contribution in [0.1, 0.15) is 30.6 Å². The van der Waals surface area contributed by atoms with Crippen molar-refractivity contribution in [2.75, 3.05) is 0 Å². The molecule has 80 valence electrons. The van der Waals surface area contributed by atoms with E-state index in [-0.39, 0.29) is 12.1 Å². The van der Waals surface area contributed by atoms with Gasteiger partial charge < -0.3 is 10.5 Å². The van der Waals surface area contributed by atoms with E-state index < -0.39 is 0 Å². The van der Waals surface area contributed by atoms with Gasteiger partial charge in [-0.25, -0.2) is 0 Å². The predicted molar refractivity (Wildman–Crippen MR) is 61.7 cm³/mol. The zero-order valence-corrected chi connectivity index (χ0v) is 9.30. The van der Waals surface area contributed by atoms with Crippen LogP contribution < -0.4 is 10.5 Å². The third-order valence-corrected chi connectivity index (χ3v) is 4.03. The molecule has 1 aliphatic heterocycles. The summed E-state index contributed by atoms with van der Waals surface area (Å²) in [5.41, 5.74) is 5.98. The number of hydrogen-bond acceptors (Lipinski definition) is 4. The largest absolute Gasteiger partial charge is 0.487 e. The van der Waals surface area contributed by atoms with E-state index in [9.17, 15) is 0 Å². The van der Waals surface area contributed by atoms with Gasteiger partial charge in [0.2, 0.25) is 0 Å². The van der Waals surface area contributed by atoms with Gasteiger partial charge in [-0.05, 0) is 30.7 Å². The molecule has 1 saturated carbocycles. The quantitative estimate of drug-likeness (QED) is 0.731. The minimum Gasteiger partial charge on any atom is -0.487 e. The monoisotopic (exact) mass is 222 g/mol. The van der Waals surface area contributed by atoms with Crippen LogP contribution in [-0.4, -0.2) is 18.0 Å². The fourth-order valence-corrected chi connectivity index (χ4v) is 3.07. The van der Waals surface area contributed by atoms with E-state index in [0.29, 0.717) is 5.84 Å². The van der Waals surface area contributed by atoms with Crippen molar-refractivity contribution in [2.24, 2.45) is 10.7 Å². The fraction of sp³-hybridized carbons (Fsp3) is 0.545. The van der Waals surface area contributed by atoms with E-state index >= 15 is 0 Å². The highest BCUT2D eigenvalue weighted by atomic mass is 32.1. The molecule has 0 spiro atoms. The number of ether oxygens (including phenoxy) is 1. The summed E-state index contributed by atoms with van der Waals surface area (Å²) in [4.78, 5) is 5.60. The van der Waals surface area contributed by atoms with Gasteiger partial charge in [-0.2, -0.15) is 0 Å². The Morgan fingerprint density at radius 2 is 2.27 bits per heavy atom. The molecule has 3 rings (SSSR count). The van der Waals surface area contributed by atoms with E-state index in [0.717, 1.165) is 23.5 Å². The Kier molecular flexibility index (Phi) is 2.16. The summed E-state index contributed by atoms with van der Waals surface area (Å²) in [5.74, 6) is 1.59. The van der Waals surface area contributed by atoms with E-state index in [1.165, 1.54) is 12.8 Å². The molecule has 2 atom stereocenters. The second-order valence-electron chi connectivity index (χ2n) is 4.14. The molecule has 1 aromatic heterocycles. The second kappa shape index (κ2) is 3.52. The van der Waals surface area contributed by atoms with Crippen LogP contribution in [0.3, 0.4) is 0 Å². The van der Waals surface area contributed by atoms with E-state index in [1.54, 1.807) is 11.3 Å². The molecule has 1 aromatic rings. The predicted octanol–water partition coefficient (Wildman–Crippen LogP) is 2.16. The van der Waals surface area contributed by atoms with E-state index in [1.807, 2.05) is 11.4 Å². The molecule has 1 aliphatic carbocycles. The van der Waals surface area contributed by atoms with Crippen molar-refractivity contribution < 1.29 is 4.74 Å². The molecule has 2 aliphatic rings. The van der Waals surface area contributed by atoms with Gasteiger partial charge in [0.15, 0.2) is 0 Å². The first kappa shape index (κ1) is 9.21. The average Bonchev–Trinajstić information content (AvgIpc) is 2.64. The Balaban J connectivity index is 2.00. The molecule has 2 N–H and O–H groups in total. The highest BCUT2D eigenvalue weighted by Crippen LogP contribution is 2.33. The van der Waals surface area contributed by atoms with Crippen LogP contribution in [0.4, 0.5) is 0 Å². The van der Waals surface area contributed by atoms with Crippen LogP contribution in [0.15, 0.2) is 16.4 Å². The maximum Gasteiger partial charge on any atom is 0.141 e. The van der Waals surface area contributed by atoms with Crippen molar-refractivity contribution in [1.29, 1.82) is 0 Å². The van der Waals surface area contributed by atoms with E-state index in [4.69, 9.17) is 10.5 Å². The molecular weight excluding hydrogens is 208 g/mol. The number of nitrogens with two attached hydrogens (primary N) is 1. The van der Waals surface area contributed by atoms with Crippen LogP contribution in [0.5, 0.6) is 5.75 Å². The smallest absolute Gasteiger partial charge is 0.141 e. The van der Waals surface area contributed by atoms with Crippen molar-refractivity contribution >= 4 is 17.2 Å². The first-order valence-corrected chi connectivity index (χ1v) is 6.30. The van der Waals surface area contributed by atoms with Gasteiger partial charge >= 0.3 is 0 Å². The number of rotatable bonds is 0. The minimum absolute atomic E-state index is 0.244. The lowest BCUT2D eigenvalue weighted by molar-refractivity contribution is 0.136. The van der Waals surface area contributed by atoms with Crippen LogP contribution in [0, 0.1) is 0 Å². The van der Waals surface area contributed by atoms with Crippen LogP contribution >= 0.6 is 11.3 Å². The number of nitrogens with zero attached hydrogens (tertiary/aromatic N) is 1. The van der Waals surface area contributed by atoms with Gasteiger partial charge in [-0.3, -0.25) is 4.99 Å². The Morgan fingerprint density at radius 3 is 3.20 bits per heavy atom. The third kappa shape index (κ3) is 1.53. The van der Waals surface area contributed by atoms with Crippen LogP contribution in [0.2, 0.25) is 0 Å². The summed E-state index contributed by atoms with van der Waals surface area (Å²) >= 11 is 1.61. The fourth-order valence-electron chi connectivity index (χ4n) is 2.34. The molecule has 3 nitrogen and oxygen atoms in total. The summed E-state index contributed by atoms with van der Waals surface area (Å²) in [6.07, 6.45) is 4.95. The van der Waals surface area contributed by atoms with Gasteiger partial charge in [0.1, 0.15) is 22.6 Å². The lowest BCUT2D eigenvalue weighted by Gasteiger charge is -2.27. The summed E-state index contributed by atoms with van der Waals surface area (Å²) < 4.78 is 5.99. The summed E-state index contributed by atoms with van der Waals surface area (Å²) in [5, 5.41) is 2.01. The third-order valence-electron chi connectivity index (χ3n) is 3.11. The summed E-state index contributed by atoms with van der Waals surface area (Å²) in [6, 6.07) is 2.28. The Bertz CT molecular complexity index is 399. The van der Waals surface area contributed by atoms with Gasteiger partial charge in [-0.15, -0.1) is 11.3 Å². The van der Waals surface area contributed by atoms with Crippen molar-refractivity contribution in [3.05, 3.63) is 16.3 Å². The molecule has 0 radical (unpaired) electrons. The topological polar surface area (TPSA) is 47.6 Å². The lowest BCUT2D eigenvalue weighted by atomic mass is 9.93. The number of hydrogen-bond donors (Lipinski definition) is 1. The molecule has 1 fully saturated rings. The van der Waals surface area contributed by atoms with Gasteiger partial charge in [0, 0.05) is 0 Å². The average molecular weight is 222 g/mol. The number of amidine groups is 1. The molecule has 0 unspecified atom stereocenters. The number of aliphatic imine (C=N–C) groups is 1. The maximum atomic E-state index is 5.99. The van der Waals surface area contributed by atoms with Crippen molar-refractivity contribution in [3.63, 3.8) is 0 Å². The zero-order valence-electron chi connectivity index (χ0n) is 8.48.